The third-order valence-electron chi connectivity index (χ3n) is 3.06. The molecule has 0 radical (unpaired) electrons. The van der Waals surface area contributed by atoms with Gasteiger partial charge in [0.25, 0.3) is 0 Å². The Hall–Kier alpha value is -1.41. The molecule has 0 amide bonds. The number of carbonyl (C=O) groups excluding carboxylic acids is 1. The van der Waals surface area contributed by atoms with Gasteiger partial charge in [0.2, 0.25) is 5.78 Å². The van der Waals surface area contributed by atoms with E-state index in [9.17, 15) is 4.79 Å². The van der Waals surface area contributed by atoms with Crippen molar-refractivity contribution in [3.05, 3.63) is 57.3 Å². The molecule has 0 spiro atoms. The van der Waals surface area contributed by atoms with E-state index in [1.807, 2.05) is 29.6 Å². The van der Waals surface area contributed by atoms with Crippen LogP contribution >= 0.6 is 11.3 Å². The van der Waals surface area contributed by atoms with Gasteiger partial charge in [0.15, 0.2) is 0 Å². The van der Waals surface area contributed by atoms with Crippen molar-refractivity contribution < 1.29 is 4.79 Å². The van der Waals surface area contributed by atoms with Gasteiger partial charge in [0.1, 0.15) is 0 Å². The standard InChI is InChI=1S/C16H18OS/c1-3-6-12-7-5-8-14(11-12)15(17)16-13(4-2)9-10-18-16/h5,7-11H,3-4,6H2,1-2H3. The van der Waals surface area contributed by atoms with Gasteiger partial charge in [-0.25, -0.2) is 0 Å². The van der Waals surface area contributed by atoms with Gasteiger partial charge >= 0.3 is 0 Å². The van der Waals surface area contributed by atoms with E-state index in [0.29, 0.717) is 0 Å². The Morgan fingerprint density at radius 3 is 2.78 bits per heavy atom. The molecule has 1 heterocycles. The fourth-order valence-corrected chi connectivity index (χ4v) is 3.06. The van der Waals surface area contributed by atoms with E-state index in [-0.39, 0.29) is 5.78 Å². The summed E-state index contributed by atoms with van der Waals surface area (Å²) in [4.78, 5) is 13.3. The van der Waals surface area contributed by atoms with Crippen LogP contribution in [0.3, 0.4) is 0 Å². The largest absolute Gasteiger partial charge is 0.288 e. The van der Waals surface area contributed by atoms with Crippen molar-refractivity contribution in [1.82, 2.24) is 0 Å². The molecule has 18 heavy (non-hydrogen) atoms. The van der Waals surface area contributed by atoms with Crippen molar-refractivity contribution in [3.8, 4) is 0 Å². The van der Waals surface area contributed by atoms with Crippen molar-refractivity contribution in [2.45, 2.75) is 33.1 Å². The molecule has 94 valence electrons. The second-order valence-electron chi connectivity index (χ2n) is 4.41. The van der Waals surface area contributed by atoms with Crippen LogP contribution in [0.2, 0.25) is 0 Å². The summed E-state index contributed by atoms with van der Waals surface area (Å²) in [7, 11) is 0. The first-order chi connectivity index (χ1) is 8.76. The van der Waals surface area contributed by atoms with Crippen LogP contribution in [-0.4, -0.2) is 5.78 Å². The van der Waals surface area contributed by atoms with Crippen LogP contribution in [0.15, 0.2) is 35.7 Å². The summed E-state index contributed by atoms with van der Waals surface area (Å²) in [6.07, 6.45) is 3.06. The Labute approximate surface area is 112 Å². The zero-order chi connectivity index (χ0) is 13.0. The predicted octanol–water partition coefficient (Wildman–Crippen LogP) is 4.49. The molecule has 0 bridgehead atoms. The van der Waals surface area contributed by atoms with Gasteiger partial charge in [0, 0.05) is 5.56 Å². The number of aryl methyl sites for hydroxylation is 2. The Bertz CT molecular complexity index is 540. The summed E-state index contributed by atoms with van der Waals surface area (Å²) in [5.74, 6) is 0.166. The molecule has 2 heteroatoms. The smallest absolute Gasteiger partial charge is 0.203 e. The minimum absolute atomic E-state index is 0.166. The Morgan fingerprint density at radius 2 is 2.06 bits per heavy atom. The molecule has 0 saturated heterocycles. The van der Waals surface area contributed by atoms with Crippen LogP contribution < -0.4 is 0 Å². The average molecular weight is 258 g/mol. The molecule has 1 nitrogen and oxygen atoms in total. The molecular weight excluding hydrogens is 240 g/mol. The van der Waals surface area contributed by atoms with Crippen molar-refractivity contribution in [2.75, 3.05) is 0 Å². The highest BCUT2D eigenvalue weighted by atomic mass is 32.1. The fraction of sp³-hybridized carbons (Fsp3) is 0.312. The maximum atomic E-state index is 12.5. The zero-order valence-electron chi connectivity index (χ0n) is 10.9. The quantitative estimate of drug-likeness (QED) is 0.722. The van der Waals surface area contributed by atoms with Gasteiger partial charge in [-0.2, -0.15) is 0 Å². The summed E-state index contributed by atoms with van der Waals surface area (Å²) in [5, 5.41) is 2.00. The molecule has 0 N–H and O–H groups in total. The second kappa shape index (κ2) is 5.96. The highest BCUT2D eigenvalue weighted by Gasteiger charge is 2.14. The van der Waals surface area contributed by atoms with Crippen molar-refractivity contribution in [1.29, 1.82) is 0 Å². The van der Waals surface area contributed by atoms with Gasteiger partial charge < -0.3 is 0 Å². The van der Waals surface area contributed by atoms with Gasteiger partial charge in [-0.15, -0.1) is 11.3 Å². The number of rotatable bonds is 5. The molecule has 2 rings (SSSR count). The Morgan fingerprint density at radius 1 is 1.22 bits per heavy atom. The van der Waals surface area contributed by atoms with Crippen LogP contribution in [0.5, 0.6) is 0 Å². The zero-order valence-corrected chi connectivity index (χ0v) is 11.7. The van der Waals surface area contributed by atoms with Gasteiger partial charge in [-0.3, -0.25) is 4.79 Å². The number of carbonyl (C=O) groups is 1. The van der Waals surface area contributed by atoms with Crippen molar-refractivity contribution in [3.63, 3.8) is 0 Å². The van der Waals surface area contributed by atoms with Gasteiger partial charge in [-0.1, -0.05) is 38.5 Å². The van der Waals surface area contributed by atoms with Crippen molar-refractivity contribution >= 4 is 17.1 Å². The first kappa shape index (κ1) is 13.0. The van der Waals surface area contributed by atoms with Crippen LogP contribution in [0, 0.1) is 0 Å². The lowest BCUT2D eigenvalue weighted by Gasteiger charge is -2.04. The van der Waals surface area contributed by atoms with Crippen LogP contribution in [0.25, 0.3) is 0 Å². The highest BCUT2D eigenvalue weighted by Crippen LogP contribution is 2.22. The molecule has 2 aromatic rings. The molecule has 1 aromatic carbocycles. The normalized spacial score (nSPS) is 10.6. The number of benzene rings is 1. The van der Waals surface area contributed by atoms with E-state index >= 15 is 0 Å². The van der Waals surface area contributed by atoms with E-state index in [0.717, 1.165) is 35.3 Å². The number of ketones is 1. The topological polar surface area (TPSA) is 17.1 Å². The predicted molar refractivity (Wildman–Crippen MR) is 77.6 cm³/mol. The Balaban J connectivity index is 2.31. The number of hydrogen-bond acceptors (Lipinski definition) is 2. The maximum Gasteiger partial charge on any atom is 0.203 e. The molecule has 1 aromatic heterocycles. The maximum absolute atomic E-state index is 12.5. The molecular formula is C16H18OS. The van der Waals surface area contributed by atoms with E-state index in [1.54, 1.807) is 11.3 Å². The lowest BCUT2D eigenvalue weighted by molar-refractivity contribution is 0.104. The van der Waals surface area contributed by atoms with Gasteiger partial charge in [0.05, 0.1) is 4.88 Å². The average Bonchev–Trinajstić information content (AvgIpc) is 2.87. The van der Waals surface area contributed by atoms with E-state index in [1.165, 1.54) is 5.56 Å². The van der Waals surface area contributed by atoms with Crippen LogP contribution in [-0.2, 0) is 12.8 Å². The molecule has 0 saturated carbocycles. The Kier molecular flexibility index (Phi) is 4.32. The monoisotopic (exact) mass is 258 g/mol. The lowest BCUT2D eigenvalue weighted by Crippen LogP contribution is -2.02. The summed E-state index contributed by atoms with van der Waals surface area (Å²) < 4.78 is 0. The van der Waals surface area contributed by atoms with Crippen LogP contribution in [0.1, 0.15) is 46.6 Å². The molecule has 0 aliphatic rings. The van der Waals surface area contributed by atoms with Gasteiger partial charge in [-0.05, 0) is 41.5 Å². The molecule has 0 aliphatic carbocycles. The van der Waals surface area contributed by atoms with Crippen molar-refractivity contribution in [2.24, 2.45) is 0 Å². The minimum atomic E-state index is 0.166. The highest BCUT2D eigenvalue weighted by molar-refractivity contribution is 7.12. The number of thiophene rings is 1. The minimum Gasteiger partial charge on any atom is -0.288 e. The van der Waals surface area contributed by atoms with Crippen LogP contribution in [0.4, 0.5) is 0 Å². The number of hydrogen-bond donors (Lipinski definition) is 0. The van der Waals surface area contributed by atoms with E-state index in [4.69, 9.17) is 0 Å². The summed E-state index contributed by atoms with van der Waals surface area (Å²) >= 11 is 1.55. The van der Waals surface area contributed by atoms with E-state index < -0.39 is 0 Å². The molecule has 0 aliphatic heterocycles. The SMILES string of the molecule is CCCc1cccc(C(=O)c2sccc2CC)c1. The third kappa shape index (κ3) is 2.70. The third-order valence-corrected chi connectivity index (χ3v) is 4.02. The molecule has 0 atom stereocenters. The molecule has 0 unspecified atom stereocenters. The lowest BCUT2D eigenvalue weighted by atomic mass is 10.0. The van der Waals surface area contributed by atoms with E-state index in [2.05, 4.69) is 19.9 Å². The first-order valence-corrected chi connectivity index (χ1v) is 7.34. The molecule has 0 fully saturated rings. The summed E-state index contributed by atoms with van der Waals surface area (Å²) in [5.41, 5.74) is 3.22. The summed E-state index contributed by atoms with van der Waals surface area (Å²) in [6, 6.07) is 10.1. The second-order valence-corrected chi connectivity index (χ2v) is 5.32. The first-order valence-electron chi connectivity index (χ1n) is 6.46. The fourth-order valence-electron chi connectivity index (χ4n) is 2.10. The summed E-state index contributed by atoms with van der Waals surface area (Å²) in [6.45, 7) is 4.25.